The largest absolute Gasteiger partial charge is 0.487 e. The average Bonchev–Trinajstić information content (AvgIpc) is 2.53. The summed E-state index contributed by atoms with van der Waals surface area (Å²) in [6.07, 6.45) is 0. The predicted molar refractivity (Wildman–Crippen MR) is 84.2 cm³/mol. The lowest BCUT2D eigenvalue weighted by atomic mass is 10.0. The van der Waals surface area contributed by atoms with E-state index in [0.717, 1.165) is 16.3 Å². The molecule has 3 rings (SSSR count). The quantitative estimate of drug-likeness (QED) is 0.698. The van der Waals surface area contributed by atoms with Gasteiger partial charge >= 0.3 is 0 Å². The zero-order chi connectivity index (χ0) is 14.7. The Hall–Kier alpha value is -2.79. The van der Waals surface area contributed by atoms with Crippen molar-refractivity contribution in [2.45, 2.75) is 13.5 Å². The van der Waals surface area contributed by atoms with E-state index < -0.39 is 0 Å². The molecule has 0 atom stereocenters. The molecule has 0 bridgehead atoms. The van der Waals surface area contributed by atoms with Gasteiger partial charge in [-0.2, -0.15) is 5.26 Å². The smallest absolute Gasteiger partial charge is 0.138 e. The highest BCUT2D eigenvalue weighted by atomic mass is 16.5. The maximum Gasteiger partial charge on any atom is 0.138 e. The topological polar surface area (TPSA) is 33.0 Å². The molecular formula is C19H15NO. The summed E-state index contributed by atoms with van der Waals surface area (Å²) in [4.78, 5) is 0. The van der Waals surface area contributed by atoms with Gasteiger partial charge in [0.25, 0.3) is 0 Å². The number of aryl methyl sites for hydroxylation is 1. The fourth-order valence-electron chi connectivity index (χ4n) is 2.33. The second kappa shape index (κ2) is 5.68. The summed E-state index contributed by atoms with van der Waals surface area (Å²) >= 11 is 0. The molecule has 3 aromatic carbocycles. The summed E-state index contributed by atoms with van der Waals surface area (Å²) in [5.41, 5.74) is 2.92. The lowest BCUT2D eigenvalue weighted by Crippen LogP contribution is -1.97. The van der Waals surface area contributed by atoms with Crippen LogP contribution < -0.4 is 4.74 Å². The number of hydrogen-bond donors (Lipinski definition) is 0. The lowest BCUT2D eigenvalue weighted by molar-refractivity contribution is 0.306. The van der Waals surface area contributed by atoms with Crippen molar-refractivity contribution < 1.29 is 4.74 Å². The van der Waals surface area contributed by atoms with Crippen LogP contribution >= 0.6 is 0 Å². The van der Waals surface area contributed by atoms with Crippen molar-refractivity contribution in [3.63, 3.8) is 0 Å². The Morgan fingerprint density at radius 3 is 2.48 bits per heavy atom. The van der Waals surface area contributed by atoms with Crippen molar-refractivity contribution in [1.82, 2.24) is 0 Å². The van der Waals surface area contributed by atoms with Gasteiger partial charge in [-0.25, -0.2) is 0 Å². The Bertz CT molecular complexity index is 813. The SMILES string of the molecule is Cc1ccc(COc2ccc3ccccc3c2C#N)cc1. The van der Waals surface area contributed by atoms with Crippen LogP contribution in [0.3, 0.4) is 0 Å². The molecule has 0 saturated carbocycles. The molecule has 0 spiro atoms. The van der Waals surface area contributed by atoms with E-state index in [9.17, 15) is 5.26 Å². The van der Waals surface area contributed by atoms with Crippen LogP contribution in [0.15, 0.2) is 60.7 Å². The molecule has 3 aromatic rings. The minimum atomic E-state index is 0.466. The second-order valence-electron chi connectivity index (χ2n) is 5.05. The number of hydrogen-bond acceptors (Lipinski definition) is 2. The summed E-state index contributed by atoms with van der Waals surface area (Å²) in [5, 5.41) is 11.4. The Morgan fingerprint density at radius 1 is 0.952 bits per heavy atom. The molecule has 0 heterocycles. The van der Waals surface area contributed by atoms with Crippen LogP contribution in [0.25, 0.3) is 10.8 Å². The third kappa shape index (κ3) is 2.73. The van der Waals surface area contributed by atoms with Crippen LogP contribution in [0, 0.1) is 18.3 Å². The molecule has 2 nitrogen and oxygen atoms in total. The summed E-state index contributed by atoms with van der Waals surface area (Å²) in [7, 11) is 0. The van der Waals surface area contributed by atoms with E-state index >= 15 is 0 Å². The fraction of sp³-hybridized carbons (Fsp3) is 0.105. The minimum absolute atomic E-state index is 0.466. The van der Waals surface area contributed by atoms with Crippen LogP contribution in [0.4, 0.5) is 0 Å². The summed E-state index contributed by atoms with van der Waals surface area (Å²) in [6.45, 7) is 2.52. The van der Waals surface area contributed by atoms with E-state index in [4.69, 9.17) is 4.74 Å². The third-order valence-electron chi connectivity index (χ3n) is 3.52. The van der Waals surface area contributed by atoms with Gasteiger partial charge in [0.2, 0.25) is 0 Å². The zero-order valence-electron chi connectivity index (χ0n) is 11.8. The second-order valence-corrected chi connectivity index (χ2v) is 5.05. The first-order valence-electron chi connectivity index (χ1n) is 6.88. The first-order valence-corrected chi connectivity index (χ1v) is 6.88. The molecule has 0 fully saturated rings. The number of fused-ring (bicyclic) bond motifs is 1. The molecule has 0 aliphatic heterocycles. The molecule has 21 heavy (non-hydrogen) atoms. The van der Waals surface area contributed by atoms with Crippen LogP contribution in [-0.4, -0.2) is 0 Å². The first-order chi connectivity index (χ1) is 10.3. The van der Waals surface area contributed by atoms with Crippen molar-refractivity contribution in [3.05, 3.63) is 77.4 Å². The molecule has 0 aromatic heterocycles. The van der Waals surface area contributed by atoms with Gasteiger partial charge in [0.1, 0.15) is 24.0 Å². The zero-order valence-corrected chi connectivity index (χ0v) is 11.8. The van der Waals surface area contributed by atoms with Crippen LogP contribution in [-0.2, 0) is 6.61 Å². The standard InChI is InChI=1S/C19H15NO/c1-14-6-8-15(9-7-14)13-21-19-11-10-16-4-2-3-5-17(16)18(19)12-20/h2-11H,13H2,1H3. The van der Waals surface area contributed by atoms with Gasteiger partial charge in [-0.3, -0.25) is 0 Å². The third-order valence-corrected chi connectivity index (χ3v) is 3.52. The van der Waals surface area contributed by atoms with Crippen molar-refractivity contribution in [3.8, 4) is 11.8 Å². The average molecular weight is 273 g/mol. The summed E-state index contributed by atoms with van der Waals surface area (Å²) in [5.74, 6) is 0.636. The molecule has 102 valence electrons. The maximum absolute atomic E-state index is 9.42. The van der Waals surface area contributed by atoms with E-state index in [1.807, 2.05) is 48.5 Å². The van der Waals surface area contributed by atoms with Crippen LogP contribution in [0.5, 0.6) is 5.75 Å². The lowest BCUT2D eigenvalue weighted by Gasteiger charge is -2.10. The number of benzene rings is 3. The van der Waals surface area contributed by atoms with Gasteiger partial charge in [-0.15, -0.1) is 0 Å². The van der Waals surface area contributed by atoms with E-state index in [1.165, 1.54) is 5.56 Å². The molecule has 0 unspecified atom stereocenters. The first kappa shape index (κ1) is 13.2. The van der Waals surface area contributed by atoms with E-state index in [0.29, 0.717) is 17.9 Å². The highest BCUT2D eigenvalue weighted by molar-refractivity contribution is 5.90. The minimum Gasteiger partial charge on any atom is -0.487 e. The van der Waals surface area contributed by atoms with Gasteiger partial charge in [-0.05, 0) is 23.9 Å². The number of ether oxygens (including phenoxy) is 1. The molecule has 2 heteroatoms. The highest BCUT2D eigenvalue weighted by Crippen LogP contribution is 2.27. The molecule has 0 radical (unpaired) electrons. The fourth-order valence-corrected chi connectivity index (χ4v) is 2.33. The normalized spacial score (nSPS) is 10.3. The van der Waals surface area contributed by atoms with E-state index in [2.05, 4.69) is 25.1 Å². The number of nitriles is 1. The summed E-state index contributed by atoms with van der Waals surface area (Å²) in [6, 6.07) is 22.2. The molecular weight excluding hydrogens is 258 g/mol. The van der Waals surface area contributed by atoms with Crippen molar-refractivity contribution in [1.29, 1.82) is 5.26 Å². The van der Waals surface area contributed by atoms with E-state index in [1.54, 1.807) is 0 Å². The number of nitrogens with zero attached hydrogens (tertiary/aromatic N) is 1. The Kier molecular flexibility index (Phi) is 3.57. The van der Waals surface area contributed by atoms with Gasteiger partial charge in [0.15, 0.2) is 0 Å². The Morgan fingerprint density at radius 2 is 1.71 bits per heavy atom. The van der Waals surface area contributed by atoms with Gasteiger partial charge < -0.3 is 4.74 Å². The molecule has 0 amide bonds. The molecule has 0 saturated heterocycles. The van der Waals surface area contributed by atoms with Gasteiger partial charge in [0.05, 0.1) is 0 Å². The van der Waals surface area contributed by atoms with Crippen molar-refractivity contribution >= 4 is 10.8 Å². The van der Waals surface area contributed by atoms with Gasteiger partial charge in [0, 0.05) is 5.39 Å². The monoisotopic (exact) mass is 273 g/mol. The molecule has 0 aliphatic rings. The Balaban J connectivity index is 1.90. The molecule has 0 N–H and O–H groups in total. The predicted octanol–water partition coefficient (Wildman–Crippen LogP) is 4.60. The Labute approximate surface area is 124 Å². The summed E-state index contributed by atoms with van der Waals surface area (Å²) < 4.78 is 5.84. The number of rotatable bonds is 3. The van der Waals surface area contributed by atoms with E-state index in [-0.39, 0.29) is 0 Å². The van der Waals surface area contributed by atoms with Crippen molar-refractivity contribution in [2.24, 2.45) is 0 Å². The molecule has 0 aliphatic carbocycles. The maximum atomic E-state index is 9.42. The van der Waals surface area contributed by atoms with Crippen LogP contribution in [0.1, 0.15) is 16.7 Å². The van der Waals surface area contributed by atoms with Crippen LogP contribution in [0.2, 0.25) is 0 Å². The van der Waals surface area contributed by atoms with Gasteiger partial charge in [-0.1, -0.05) is 60.2 Å². The van der Waals surface area contributed by atoms with Crippen molar-refractivity contribution in [2.75, 3.05) is 0 Å². The highest BCUT2D eigenvalue weighted by Gasteiger charge is 2.08.